The van der Waals surface area contributed by atoms with Crippen LogP contribution in [0.1, 0.15) is 39.0 Å². The Bertz CT molecular complexity index is 362. The molecule has 20 heavy (non-hydrogen) atoms. The van der Waals surface area contributed by atoms with E-state index in [1.807, 2.05) is 6.92 Å². The Morgan fingerprint density at radius 2 is 2.00 bits per heavy atom. The summed E-state index contributed by atoms with van der Waals surface area (Å²) in [5.41, 5.74) is -1.16. The summed E-state index contributed by atoms with van der Waals surface area (Å²) in [4.78, 5) is 25.6. The van der Waals surface area contributed by atoms with Gasteiger partial charge in [-0.05, 0) is 25.7 Å². The largest absolute Gasteiger partial charge is 0.480 e. The Labute approximate surface area is 119 Å². The lowest BCUT2D eigenvalue weighted by Crippen LogP contribution is -2.60. The van der Waals surface area contributed by atoms with Crippen molar-refractivity contribution < 1.29 is 19.4 Å². The third-order valence-electron chi connectivity index (χ3n) is 4.47. The van der Waals surface area contributed by atoms with Crippen LogP contribution < -0.4 is 5.32 Å². The van der Waals surface area contributed by atoms with Crippen LogP contribution in [0, 0.1) is 5.92 Å². The molecule has 2 N–H and O–H groups in total. The molecule has 2 rings (SSSR count). The van der Waals surface area contributed by atoms with Crippen molar-refractivity contribution in [2.45, 2.75) is 44.6 Å². The van der Waals surface area contributed by atoms with Gasteiger partial charge in [-0.15, -0.1) is 0 Å². The van der Waals surface area contributed by atoms with Crippen LogP contribution in [0.2, 0.25) is 0 Å². The highest BCUT2D eigenvalue weighted by atomic mass is 16.5. The Morgan fingerprint density at radius 1 is 1.35 bits per heavy atom. The number of nitrogens with one attached hydrogen (secondary N) is 1. The molecule has 0 aromatic heterocycles. The topological polar surface area (TPSA) is 78.9 Å². The first kappa shape index (κ1) is 15.1. The first-order chi connectivity index (χ1) is 9.57. The standard InChI is InChI=1S/C14H24N2O4/c1-2-16(10-11-4-3-5-11)13(19)15-14(12(17)18)6-8-20-9-7-14/h11H,2-10H2,1H3,(H,15,19)(H,17,18). The number of carboxylic acids is 1. The monoisotopic (exact) mass is 284 g/mol. The van der Waals surface area contributed by atoms with E-state index < -0.39 is 11.5 Å². The predicted molar refractivity (Wildman–Crippen MR) is 73.5 cm³/mol. The molecule has 0 radical (unpaired) electrons. The fourth-order valence-corrected chi connectivity index (χ4v) is 2.74. The smallest absolute Gasteiger partial charge is 0.329 e. The van der Waals surface area contributed by atoms with Crippen molar-refractivity contribution in [3.8, 4) is 0 Å². The van der Waals surface area contributed by atoms with E-state index in [9.17, 15) is 14.7 Å². The number of amides is 2. The van der Waals surface area contributed by atoms with Gasteiger partial charge in [0.25, 0.3) is 0 Å². The van der Waals surface area contributed by atoms with Gasteiger partial charge in [0.2, 0.25) is 0 Å². The number of rotatable bonds is 5. The van der Waals surface area contributed by atoms with Crippen LogP contribution in [0.4, 0.5) is 4.79 Å². The molecular weight excluding hydrogens is 260 g/mol. The van der Waals surface area contributed by atoms with Gasteiger partial charge >= 0.3 is 12.0 Å². The molecule has 0 aromatic carbocycles. The summed E-state index contributed by atoms with van der Waals surface area (Å²) >= 11 is 0. The quantitative estimate of drug-likeness (QED) is 0.801. The van der Waals surface area contributed by atoms with E-state index >= 15 is 0 Å². The summed E-state index contributed by atoms with van der Waals surface area (Å²) in [7, 11) is 0. The Hall–Kier alpha value is -1.30. The Balaban J connectivity index is 1.96. The Kier molecular flexibility index (Phi) is 4.86. The molecule has 1 heterocycles. The lowest BCUT2D eigenvalue weighted by atomic mass is 9.85. The average Bonchev–Trinajstić information content (AvgIpc) is 2.38. The molecule has 0 atom stereocenters. The molecule has 2 aliphatic rings. The van der Waals surface area contributed by atoms with E-state index in [1.54, 1.807) is 4.90 Å². The molecule has 1 saturated heterocycles. The molecule has 114 valence electrons. The molecule has 1 saturated carbocycles. The minimum Gasteiger partial charge on any atom is -0.480 e. The third kappa shape index (κ3) is 3.23. The average molecular weight is 284 g/mol. The second-order valence-corrected chi connectivity index (χ2v) is 5.77. The van der Waals surface area contributed by atoms with Gasteiger partial charge in [-0.2, -0.15) is 0 Å². The summed E-state index contributed by atoms with van der Waals surface area (Å²) in [6.45, 7) is 4.02. The normalized spacial score (nSPS) is 21.9. The lowest BCUT2D eigenvalue weighted by molar-refractivity contribution is -0.148. The van der Waals surface area contributed by atoms with Crippen molar-refractivity contribution in [3.05, 3.63) is 0 Å². The number of urea groups is 1. The van der Waals surface area contributed by atoms with Crippen molar-refractivity contribution in [3.63, 3.8) is 0 Å². The summed E-state index contributed by atoms with van der Waals surface area (Å²) in [6, 6.07) is -0.260. The highest BCUT2D eigenvalue weighted by Gasteiger charge is 2.42. The molecule has 2 amide bonds. The summed E-state index contributed by atoms with van der Waals surface area (Å²) in [6.07, 6.45) is 4.23. The van der Waals surface area contributed by atoms with Gasteiger partial charge in [0, 0.05) is 39.1 Å². The number of hydrogen-bond donors (Lipinski definition) is 2. The maximum Gasteiger partial charge on any atom is 0.329 e. The molecule has 6 heteroatoms. The molecule has 0 unspecified atom stereocenters. The molecule has 0 bridgehead atoms. The Morgan fingerprint density at radius 3 is 2.45 bits per heavy atom. The first-order valence-corrected chi connectivity index (χ1v) is 7.45. The summed E-state index contributed by atoms with van der Waals surface area (Å²) < 4.78 is 5.21. The van der Waals surface area contributed by atoms with Crippen molar-refractivity contribution >= 4 is 12.0 Å². The zero-order chi connectivity index (χ0) is 14.6. The molecule has 6 nitrogen and oxygen atoms in total. The minimum atomic E-state index is -1.16. The second-order valence-electron chi connectivity index (χ2n) is 5.77. The van der Waals surface area contributed by atoms with Gasteiger partial charge < -0.3 is 20.1 Å². The van der Waals surface area contributed by atoms with Gasteiger partial charge in [-0.25, -0.2) is 9.59 Å². The molecule has 2 fully saturated rings. The van der Waals surface area contributed by atoms with Crippen LogP contribution in [0.3, 0.4) is 0 Å². The zero-order valence-corrected chi connectivity index (χ0v) is 12.1. The number of aliphatic carboxylic acids is 1. The van der Waals surface area contributed by atoms with Crippen LogP contribution in [0.15, 0.2) is 0 Å². The molecular formula is C14H24N2O4. The number of carbonyl (C=O) groups is 2. The number of hydrogen-bond acceptors (Lipinski definition) is 3. The second kappa shape index (κ2) is 6.43. The van der Waals surface area contributed by atoms with Crippen molar-refractivity contribution in [2.24, 2.45) is 5.92 Å². The van der Waals surface area contributed by atoms with Gasteiger partial charge in [-0.3, -0.25) is 0 Å². The van der Waals surface area contributed by atoms with Gasteiger partial charge in [0.15, 0.2) is 0 Å². The maximum absolute atomic E-state index is 12.3. The maximum atomic E-state index is 12.3. The predicted octanol–water partition coefficient (Wildman–Crippen LogP) is 1.45. The van der Waals surface area contributed by atoms with E-state index in [0.29, 0.717) is 38.5 Å². The number of carbonyl (C=O) groups excluding carboxylic acids is 1. The van der Waals surface area contributed by atoms with Crippen molar-refractivity contribution in [2.75, 3.05) is 26.3 Å². The minimum absolute atomic E-state index is 0.260. The third-order valence-corrected chi connectivity index (χ3v) is 4.47. The van der Waals surface area contributed by atoms with Crippen LogP contribution in [0.25, 0.3) is 0 Å². The van der Waals surface area contributed by atoms with E-state index in [0.717, 1.165) is 6.54 Å². The number of nitrogens with zero attached hydrogens (tertiary/aromatic N) is 1. The van der Waals surface area contributed by atoms with Crippen molar-refractivity contribution in [1.82, 2.24) is 10.2 Å². The lowest BCUT2D eigenvalue weighted by Gasteiger charge is -2.37. The van der Waals surface area contributed by atoms with Crippen LogP contribution in [-0.4, -0.2) is 53.8 Å². The van der Waals surface area contributed by atoms with E-state index in [-0.39, 0.29) is 6.03 Å². The molecule has 0 spiro atoms. The van der Waals surface area contributed by atoms with Crippen LogP contribution in [-0.2, 0) is 9.53 Å². The first-order valence-electron chi connectivity index (χ1n) is 7.45. The summed E-state index contributed by atoms with van der Waals surface area (Å²) in [5.74, 6) is -0.384. The highest BCUT2D eigenvalue weighted by molar-refractivity contribution is 5.86. The van der Waals surface area contributed by atoms with E-state index in [4.69, 9.17) is 4.74 Å². The summed E-state index contributed by atoms with van der Waals surface area (Å²) in [5, 5.41) is 12.2. The van der Waals surface area contributed by atoms with Gasteiger partial charge in [0.1, 0.15) is 5.54 Å². The highest BCUT2D eigenvalue weighted by Crippen LogP contribution is 2.27. The van der Waals surface area contributed by atoms with Gasteiger partial charge in [-0.1, -0.05) is 6.42 Å². The SMILES string of the molecule is CCN(CC1CCC1)C(=O)NC1(C(=O)O)CCOCC1. The number of carboxylic acid groups (broad SMARTS) is 1. The van der Waals surface area contributed by atoms with E-state index in [1.165, 1.54) is 19.3 Å². The fourth-order valence-electron chi connectivity index (χ4n) is 2.74. The number of ether oxygens (including phenoxy) is 1. The van der Waals surface area contributed by atoms with Crippen LogP contribution >= 0.6 is 0 Å². The molecule has 0 aromatic rings. The molecule has 1 aliphatic carbocycles. The van der Waals surface area contributed by atoms with Gasteiger partial charge in [0.05, 0.1) is 0 Å². The van der Waals surface area contributed by atoms with Crippen LogP contribution in [0.5, 0.6) is 0 Å². The molecule has 1 aliphatic heterocycles. The zero-order valence-electron chi connectivity index (χ0n) is 12.1. The fraction of sp³-hybridized carbons (Fsp3) is 0.857. The van der Waals surface area contributed by atoms with Crippen molar-refractivity contribution in [1.29, 1.82) is 0 Å². The van der Waals surface area contributed by atoms with E-state index in [2.05, 4.69) is 5.32 Å².